The van der Waals surface area contributed by atoms with Crippen LogP contribution in [0.5, 0.6) is 0 Å². The normalized spacial score (nSPS) is 16.6. The highest BCUT2D eigenvalue weighted by molar-refractivity contribution is 5.81. The minimum Gasteiger partial charge on any atom is -0.393 e. The van der Waals surface area contributed by atoms with E-state index in [0.29, 0.717) is 41.1 Å². The second-order valence-electron chi connectivity index (χ2n) is 33.1. The maximum absolute atomic E-state index is 9.88. The molecule has 4 aromatic carbocycles. The molecule has 16 aromatic rings. The summed E-state index contributed by atoms with van der Waals surface area (Å²) >= 11 is 0. The SMILES string of the molecule is Cn1cc(-c2cccc(-c3ncc(-c4cnn(C)c4)c(NCC4CCC4)n3)c2)cn1.Cn1cc(-c2cccc(-c3ncc(-c4cnn(C)c4)c(NCC4CCOC4)n3)c2)cn1.Cn1cc(-c2cccc(-c3ncc(-c4cnn(C)c4)c(NC[C@H]4CC[C@@H](O)C4)n3)c2)cn1.Cn1cc(-c2cccc(-c3ncc(-c4cnn(C)c4)c(NC[C@H]4CC[C@H](O)C4)n3)c2)cn1. The number of aliphatic hydroxyl groups is 2. The van der Waals surface area contributed by atoms with Crippen molar-refractivity contribution < 1.29 is 14.9 Å². The first-order valence-electron chi connectivity index (χ1n) is 42.6. The minimum absolute atomic E-state index is 0.184. The molecule has 0 radical (unpaired) electrons. The largest absolute Gasteiger partial charge is 0.393 e. The highest BCUT2D eigenvalue weighted by Crippen LogP contribution is 2.38. The van der Waals surface area contributed by atoms with Crippen molar-refractivity contribution in [2.45, 2.75) is 76.4 Å². The number of ether oxygens (including phenoxy) is 1. The van der Waals surface area contributed by atoms with Crippen LogP contribution in [0.15, 0.2) is 221 Å². The molecule has 31 nitrogen and oxygen atoms in total. The smallest absolute Gasteiger partial charge is 0.161 e. The van der Waals surface area contributed by atoms with Crippen LogP contribution in [0, 0.1) is 23.7 Å². The summed E-state index contributed by atoms with van der Waals surface area (Å²) in [7, 11) is 15.3. The van der Waals surface area contributed by atoms with Crippen molar-refractivity contribution in [3.63, 3.8) is 0 Å². The van der Waals surface area contributed by atoms with E-state index in [2.05, 4.69) is 137 Å². The van der Waals surface area contributed by atoms with E-state index >= 15 is 0 Å². The predicted molar refractivity (Wildman–Crippen MR) is 484 cm³/mol. The zero-order valence-electron chi connectivity index (χ0n) is 71.6. The third-order valence-corrected chi connectivity index (χ3v) is 23.4. The Morgan fingerprint density at radius 2 is 0.544 bits per heavy atom. The number of aliphatic hydroxyl groups excluding tert-OH is 2. The van der Waals surface area contributed by atoms with Crippen molar-refractivity contribution in [2.75, 3.05) is 60.7 Å². The molecule has 6 N–H and O–H groups in total. The number of nitrogens with zero attached hydrogens (tertiary/aromatic N) is 24. The van der Waals surface area contributed by atoms with Crippen molar-refractivity contribution in [3.8, 4) is 135 Å². The molecule has 31 heteroatoms. The quantitative estimate of drug-likeness (QED) is 0.0327. The molecule has 0 amide bonds. The zero-order valence-corrected chi connectivity index (χ0v) is 71.6. The highest BCUT2D eigenvalue weighted by Gasteiger charge is 2.27. The standard InChI is InChI=1S/2C24H27N7O.C23H25N7O.C23H25N7/c2*1-30-14-19(11-27-30)17-4-3-5-18(9-17)23-26-13-22(20-12-28-31(2)15-20)24(29-23)25-10-16-6-7-21(32)8-16;1-29-13-19(10-26-29)17-4-3-5-18(8-17)22-25-12-21(20-11-27-30(2)14-20)23(28-22)24-9-16-6-7-31-15-16;1-29-14-19(11-26-29)17-7-4-8-18(9-17)22-25-13-21(20-12-27-30(2)15-20)23(28-22)24-10-16-5-3-6-16/h2*3-5,9,11-16,21,32H,6-8,10H2,1-2H3,(H,25,26,29);3-5,8,10-14,16H,6-7,9,15H2,1-2H3,(H,24,25,28);4,7-9,11-16H,3,5-6,10H2,1-2H3,(H,24,25,28)/t16-,21+;16-,21-;;/m00../s1. The fraction of sp³-hybridized carbons (Fsp3) is 0.319. The second-order valence-corrected chi connectivity index (χ2v) is 33.1. The summed E-state index contributed by atoms with van der Waals surface area (Å²) in [5, 5.41) is 68.3. The number of nitrogens with one attached hydrogen (secondary N) is 4. The predicted octanol–water partition coefficient (Wildman–Crippen LogP) is 14.6. The van der Waals surface area contributed by atoms with Gasteiger partial charge in [0.1, 0.15) is 23.3 Å². The molecule has 3 saturated carbocycles. The molecule has 12 aromatic heterocycles. The number of hydrogen-bond acceptors (Lipinski definition) is 23. The Labute approximate surface area is 725 Å². The summed E-state index contributed by atoms with van der Waals surface area (Å²) in [6, 6.07) is 32.9. The van der Waals surface area contributed by atoms with Gasteiger partial charge in [-0.25, -0.2) is 39.9 Å². The van der Waals surface area contributed by atoms with Gasteiger partial charge < -0.3 is 36.2 Å². The van der Waals surface area contributed by atoms with Crippen LogP contribution in [-0.4, -0.2) is 180 Å². The summed E-state index contributed by atoms with van der Waals surface area (Å²) in [6.07, 6.45) is 48.3. The Kier molecular flexibility index (Phi) is 25.4. The Morgan fingerprint density at radius 3 is 0.768 bits per heavy atom. The lowest BCUT2D eigenvalue weighted by Gasteiger charge is -2.26. The van der Waals surface area contributed by atoms with Crippen molar-refractivity contribution >= 4 is 23.3 Å². The van der Waals surface area contributed by atoms with Crippen molar-refractivity contribution in [2.24, 2.45) is 80.1 Å². The molecule has 125 heavy (non-hydrogen) atoms. The molecule has 4 aliphatic rings. The van der Waals surface area contributed by atoms with Crippen LogP contribution in [-0.2, 0) is 61.1 Å². The van der Waals surface area contributed by atoms with E-state index in [4.69, 9.17) is 24.7 Å². The van der Waals surface area contributed by atoms with E-state index in [9.17, 15) is 10.2 Å². The second kappa shape index (κ2) is 38.2. The fourth-order valence-corrected chi connectivity index (χ4v) is 16.2. The summed E-state index contributed by atoms with van der Waals surface area (Å²) in [5.41, 5.74) is 20.1. The third-order valence-electron chi connectivity index (χ3n) is 23.4. The van der Waals surface area contributed by atoms with E-state index < -0.39 is 0 Å². The summed E-state index contributed by atoms with van der Waals surface area (Å²) in [6.45, 7) is 4.93. The van der Waals surface area contributed by atoms with Crippen molar-refractivity contribution in [1.82, 2.24) is 118 Å². The molecule has 1 aliphatic heterocycles. The van der Waals surface area contributed by atoms with E-state index in [-0.39, 0.29) is 12.2 Å². The molecular weight excluding hydrogens is 1570 g/mol. The average Bonchev–Trinajstić information content (AvgIpc) is 1.79. The van der Waals surface area contributed by atoms with Gasteiger partial charge in [-0.3, -0.25) is 37.5 Å². The number of aryl methyl sites for hydroxylation is 8. The lowest BCUT2D eigenvalue weighted by molar-refractivity contribution is 0.178. The highest BCUT2D eigenvalue weighted by atomic mass is 16.5. The first kappa shape index (κ1) is 83.2. The Bertz CT molecular complexity index is 6140. The lowest BCUT2D eigenvalue weighted by atomic mass is 9.85. The minimum atomic E-state index is -0.184. The van der Waals surface area contributed by atoms with Gasteiger partial charge >= 0.3 is 0 Å². The maximum atomic E-state index is 9.88. The Hall–Kier alpha value is -14.0. The molecule has 638 valence electrons. The molecule has 0 spiro atoms. The molecule has 1 saturated heterocycles. The molecule has 13 heterocycles. The van der Waals surface area contributed by atoms with E-state index in [1.807, 2.05) is 227 Å². The van der Waals surface area contributed by atoms with Gasteiger partial charge in [0.2, 0.25) is 0 Å². The molecule has 1 unspecified atom stereocenters. The van der Waals surface area contributed by atoms with Gasteiger partial charge in [0.05, 0.1) is 68.4 Å². The van der Waals surface area contributed by atoms with E-state index in [1.165, 1.54) is 19.3 Å². The Balaban J connectivity index is 0.000000118. The van der Waals surface area contributed by atoms with Gasteiger partial charge in [0.25, 0.3) is 0 Å². The molecule has 5 atom stereocenters. The van der Waals surface area contributed by atoms with E-state index in [0.717, 1.165) is 225 Å². The van der Waals surface area contributed by atoms with Gasteiger partial charge in [-0.1, -0.05) is 79.2 Å². The van der Waals surface area contributed by atoms with Crippen LogP contribution in [0.2, 0.25) is 0 Å². The van der Waals surface area contributed by atoms with Crippen LogP contribution in [0.1, 0.15) is 64.2 Å². The molecule has 0 bridgehead atoms. The van der Waals surface area contributed by atoms with Gasteiger partial charge in [-0.2, -0.15) is 40.8 Å². The first-order chi connectivity index (χ1) is 60.9. The summed E-state index contributed by atoms with van der Waals surface area (Å²) < 4.78 is 19.9. The van der Waals surface area contributed by atoms with Crippen molar-refractivity contribution in [1.29, 1.82) is 0 Å². The van der Waals surface area contributed by atoms with E-state index in [1.54, 1.807) is 32.8 Å². The maximum Gasteiger partial charge on any atom is 0.161 e. The van der Waals surface area contributed by atoms with Gasteiger partial charge in [-0.15, -0.1) is 0 Å². The third kappa shape index (κ3) is 20.7. The number of rotatable bonds is 24. The molecule has 4 fully saturated rings. The van der Waals surface area contributed by atoms with Crippen LogP contribution >= 0.6 is 0 Å². The van der Waals surface area contributed by atoms with Gasteiger partial charge in [0.15, 0.2) is 23.3 Å². The van der Waals surface area contributed by atoms with Crippen LogP contribution in [0.3, 0.4) is 0 Å². The molecule has 3 aliphatic carbocycles. The van der Waals surface area contributed by atoms with Crippen molar-refractivity contribution in [3.05, 3.63) is 221 Å². The number of anilines is 4. The summed E-state index contributed by atoms with van der Waals surface area (Å²) in [4.78, 5) is 38.4. The molecule has 20 rings (SSSR count). The molecular formula is C94H104N28O3. The van der Waals surface area contributed by atoms with Crippen LogP contribution in [0.4, 0.5) is 23.3 Å². The topological polar surface area (TPSA) is 343 Å². The number of hydrogen-bond donors (Lipinski definition) is 6. The zero-order chi connectivity index (χ0) is 85.9. The Morgan fingerprint density at radius 1 is 0.288 bits per heavy atom. The fourth-order valence-electron chi connectivity index (χ4n) is 16.2. The first-order valence-corrected chi connectivity index (χ1v) is 42.6. The van der Waals surface area contributed by atoms with Gasteiger partial charge in [-0.05, 0) is 122 Å². The van der Waals surface area contributed by atoms with Crippen LogP contribution in [0.25, 0.3) is 135 Å². The number of benzene rings is 4. The van der Waals surface area contributed by atoms with Gasteiger partial charge in [0, 0.05) is 258 Å². The number of aromatic nitrogens is 24. The lowest BCUT2D eigenvalue weighted by Crippen LogP contribution is -2.21. The monoisotopic (exact) mass is 1670 g/mol. The average molecular weight is 1670 g/mol. The van der Waals surface area contributed by atoms with Crippen LogP contribution < -0.4 is 21.3 Å². The summed E-state index contributed by atoms with van der Waals surface area (Å²) in [5.74, 6) is 8.10.